The predicted octanol–water partition coefficient (Wildman–Crippen LogP) is 4.80. The van der Waals surface area contributed by atoms with E-state index in [0.717, 1.165) is 17.5 Å². The number of nitrogens with zero attached hydrogens (tertiary/aromatic N) is 3. The van der Waals surface area contributed by atoms with Crippen molar-refractivity contribution in [3.63, 3.8) is 0 Å². The first kappa shape index (κ1) is 19.1. The van der Waals surface area contributed by atoms with Crippen LogP contribution in [-0.2, 0) is 6.42 Å². The monoisotopic (exact) mass is 380 g/mol. The van der Waals surface area contributed by atoms with Crippen LogP contribution >= 0.6 is 0 Å². The van der Waals surface area contributed by atoms with E-state index in [0.29, 0.717) is 17.2 Å². The van der Waals surface area contributed by atoms with E-state index in [1.54, 1.807) is 18.2 Å². The maximum absolute atomic E-state index is 11.7. The molecule has 2 aromatic carbocycles. The molecule has 144 valence electrons. The average molecular weight is 380 g/mol. The first-order valence-corrected chi connectivity index (χ1v) is 8.69. The van der Waals surface area contributed by atoms with E-state index >= 15 is 0 Å². The lowest BCUT2D eigenvalue weighted by Gasteiger charge is -2.12. The molecule has 1 aromatic heterocycles. The van der Waals surface area contributed by atoms with Gasteiger partial charge in [0.15, 0.2) is 0 Å². The van der Waals surface area contributed by atoms with Crippen LogP contribution < -0.4 is 14.8 Å². The number of methoxy groups -OCH3 is 1. The number of aryl methyl sites for hydroxylation is 2. The van der Waals surface area contributed by atoms with Gasteiger partial charge in [-0.2, -0.15) is 4.98 Å². The van der Waals surface area contributed by atoms with Crippen LogP contribution in [0.4, 0.5) is 17.2 Å². The number of hydrogen-bond acceptors (Lipinski definition) is 7. The fraction of sp³-hybridized carbons (Fsp3) is 0.200. The Morgan fingerprint density at radius 3 is 2.54 bits per heavy atom. The number of anilines is 2. The maximum atomic E-state index is 11.7. The molecule has 0 spiro atoms. The Bertz CT molecular complexity index is 990. The molecular formula is C20H20N4O4. The fourth-order valence-electron chi connectivity index (χ4n) is 2.65. The van der Waals surface area contributed by atoms with Gasteiger partial charge in [-0.25, -0.2) is 4.98 Å². The second-order valence-electron chi connectivity index (χ2n) is 6.06. The molecule has 28 heavy (non-hydrogen) atoms. The highest BCUT2D eigenvalue weighted by Gasteiger charge is 2.26. The van der Waals surface area contributed by atoms with Crippen molar-refractivity contribution in [3.05, 3.63) is 70.0 Å². The largest absolute Gasteiger partial charge is 0.495 e. The first-order valence-electron chi connectivity index (χ1n) is 8.69. The zero-order chi connectivity index (χ0) is 20.1. The van der Waals surface area contributed by atoms with Crippen molar-refractivity contribution in [2.45, 2.75) is 20.3 Å². The van der Waals surface area contributed by atoms with E-state index < -0.39 is 4.92 Å². The van der Waals surface area contributed by atoms with E-state index in [1.165, 1.54) is 13.4 Å². The summed E-state index contributed by atoms with van der Waals surface area (Å²) in [5.74, 6) is 0.872. The number of aromatic nitrogens is 2. The Balaban J connectivity index is 1.97. The lowest BCUT2D eigenvalue weighted by Crippen LogP contribution is -2.04. The van der Waals surface area contributed by atoms with Gasteiger partial charge < -0.3 is 14.8 Å². The first-order chi connectivity index (χ1) is 13.5. The van der Waals surface area contributed by atoms with E-state index in [-0.39, 0.29) is 17.4 Å². The molecular weight excluding hydrogens is 360 g/mol. The molecule has 0 radical (unpaired) electrons. The van der Waals surface area contributed by atoms with Crippen LogP contribution in [0, 0.1) is 17.0 Å². The fourth-order valence-corrected chi connectivity index (χ4v) is 2.65. The highest BCUT2D eigenvalue weighted by Crippen LogP contribution is 2.37. The van der Waals surface area contributed by atoms with Gasteiger partial charge >= 0.3 is 11.6 Å². The van der Waals surface area contributed by atoms with E-state index in [2.05, 4.69) is 15.3 Å². The van der Waals surface area contributed by atoms with Crippen molar-refractivity contribution < 1.29 is 14.4 Å². The molecule has 0 unspecified atom stereocenters. The summed E-state index contributed by atoms with van der Waals surface area (Å²) in [6.45, 7) is 3.95. The number of rotatable bonds is 7. The Hall–Kier alpha value is -3.68. The summed E-state index contributed by atoms with van der Waals surface area (Å²) in [6, 6.07) is 12.8. The van der Waals surface area contributed by atoms with E-state index in [4.69, 9.17) is 9.47 Å². The summed E-state index contributed by atoms with van der Waals surface area (Å²) in [4.78, 5) is 19.1. The van der Waals surface area contributed by atoms with Gasteiger partial charge in [-0.15, -0.1) is 0 Å². The molecule has 3 rings (SSSR count). The summed E-state index contributed by atoms with van der Waals surface area (Å²) in [6.07, 6.45) is 2.10. The number of ether oxygens (including phenoxy) is 2. The molecule has 0 amide bonds. The lowest BCUT2D eigenvalue weighted by molar-refractivity contribution is -0.385. The van der Waals surface area contributed by atoms with Crippen molar-refractivity contribution in [1.82, 2.24) is 9.97 Å². The normalized spacial score (nSPS) is 10.4. The Morgan fingerprint density at radius 1 is 1.14 bits per heavy atom. The lowest BCUT2D eigenvalue weighted by atomic mass is 10.2. The number of hydrogen-bond donors (Lipinski definition) is 1. The van der Waals surface area contributed by atoms with Crippen molar-refractivity contribution in [3.8, 4) is 17.4 Å². The summed E-state index contributed by atoms with van der Waals surface area (Å²) in [5, 5.41) is 14.7. The molecule has 3 aromatic rings. The van der Waals surface area contributed by atoms with Crippen LogP contribution in [0.25, 0.3) is 0 Å². The van der Waals surface area contributed by atoms with Gasteiger partial charge in [0.1, 0.15) is 17.8 Å². The van der Waals surface area contributed by atoms with Gasteiger partial charge in [-0.3, -0.25) is 10.1 Å². The van der Waals surface area contributed by atoms with Gasteiger partial charge in [0.2, 0.25) is 5.82 Å². The number of nitro groups is 1. The Labute approximate surface area is 162 Å². The van der Waals surface area contributed by atoms with Gasteiger partial charge in [-0.1, -0.05) is 25.1 Å². The van der Waals surface area contributed by atoms with Crippen LogP contribution in [-0.4, -0.2) is 22.0 Å². The van der Waals surface area contributed by atoms with Crippen molar-refractivity contribution in [2.24, 2.45) is 0 Å². The van der Waals surface area contributed by atoms with Crippen LogP contribution in [0.1, 0.15) is 18.1 Å². The van der Waals surface area contributed by atoms with Gasteiger partial charge in [0, 0.05) is 0 Å². The van der Waals surface area contributed by atoms with Gasteiger partial charge in [0.05, 0.1) is 17.7 Å². The molecule has 0 atom stereocenters. The molecule has 0 saturated carbocycles. The predicted molar refractivity (Wildman–Crippen MR) is 106 cm³/mol. The minimum atomic E-state index is -0.569. The third kappa shape index (κ3) is 4.17. The topological polar surface area (TPSA) is 99.4 Å². The molecule has 8 nitrogen and oxygen atoms in total. The van der Waals surface area contributed by atoms with Gasteiger partial charge in [0.25, 0.3) is 0 Å². The number of nitrogens with one attached hydrogen (secondary N) is 1. The second-order valence-corrected chi connectivity index (χ2v) is 6.06. The van der Waals surface area contributed by atoms with Crippen LogP contribution in [0.5, 0.6) is 17.4 Å². The van der Waals surface area contributed by atoms with Crippen LogP contribution in [0.2, 0.25) is 0 Å². The molecule has 8 heteroatoms. The average Bonchev–Trinajstić information content (AvgIpc) is 2.69. The molecule has 0 fully saturated rings. The van der Waals surface area contributed by atoms with Crippen LogP contribution in [0.3, 0.4) is 0 Å². The molecule has 1 N–H and O–H groups in total. The van der Waals surface area contributed by atoms with E-state index in [9.17, 15) is 10.1 Å². The van der Waals surface area contributed by atoms with E-state index in [1.807, 2.05) is 38.1 Å². The molecule has 1 heterocycles. The summed E-state index contributed by atoms with van der Waals surface area (Å²) in [5.41, 5.74) is 2.30. The molecule has 0 aliphatic heterocycles. The zero-order valence-corrected chi connectivity index (χ0v) is 15.8. The molecule has 0 saturated heterocycles. The van der Waals surface area contributed by atoms with Crippen molar-refractivity contribution in [1.29, 1.82) is 0 Å². The zero-order valence-electron chi connectivity index (χ0n) is 15.8. The highest BCUT2D eigenvalue weighted by molar-refractivity contribution is 5.72. The molecule has 0 aliphatic carbocycles. The Morgan fingerprint density at radius 2 is 1.89 bits per heavy atom. The second kappa shape index (κ2) is 8.34. The smallest absolute Gasteiger partial charge is 0.373 e. The minimum Gasteiger partial charge on any atom is -0.495 e. The maximum Gasteiger partial charge on any atom is 0.373 e. The quantitative estimate of drug-likeness (QED) is 0.464. The standard InChI is InChI=1S/C20H20N4O4/c1-4-14-6-8-15(9-7-14)28-20-18(24(25)26)19(21-12-22-20)23-16-11-13(2)5-10-17(16)27-3/h5-12H,4H2,1-3H3,(H,21,22,23). The third-order valence-corrected chi connectivity index (χ3v) is 4.13. The molecule has 0 aliphatic rings. The summed E-state index contributed by atoms with van der Waals surface area (Å²) < 4.78 is 11.0. The SMILES string of the molecule is CCc1ccc(Oc2ncnc(Nc3cc(C)ccc3OC)c2[N+](=O)[O-])cc1. The van der Waals surface area contributed by atoms with Gasteiger partial charge in [-0.05, 0) is 48.7 Å². The van der Waals surface area contributed by atoms with Crippen molar-refractivity contribution >= 4 is 17.2 Å². The highest BCUT2D eigenvalue weighted by atomic mass is 16.6. The minimum absolute atomic E-state index is 0.0177. The summed E-state index contributed by atoms with van der Waals surface area (Å²) in [7, 11) is 1.53. The Kier molecular flexibility index (Phi) is 5.69. The van der Waals surface area contributed by atoms with Crippen molar-refractivity contribution in [2.75, 3.05) is 12.4 Å². The third-order valence-electron chi connectivity index (χ3n) is 4.13. The number of benzene rings is 2. The summed E-state index contributed by atoms with van der Waals surface area (Å²) >= 11 is 0. The molecule has 0 bridgehead atoms. The van der Waals surface area contributed by atoms with Crippen LogP contribution in [0.15, 0.2) is 48.8 Å².